The Morgan fingerprint density at radius 3 is 1.41 bits per heavy atom. The van der Waals surface area contributed by atoms with Crippen LogP contribution in [0.15, 0.2) is 174 Å². The molecule has 0 saturated carbocycles. The maximum absolute atomic E-state index is 6.65. The van der Waals surface area contributed by atoms with Gasteiger partial charge >= 0.3 is 0 Å². The second-order valence-corrected chi connectivity index (χ2v) is 13.2. The Hall–Kier alpha value is -6.44. The van der Waals surface area contributed by atoms with E-state index in [0.717, 1.165) is 38.5 Å². The van der Waals surface area contributed by atoms with Crippen molar-refractivity contribution in [3.8, 4) is 22.3 Å². The van der Waals surface area contributed by atoms with E-state index < -0.39 is 0 Å². The van der Waals surface area contributed by atoms with Gasteiger partial charge in [0.1, 0.15) is 11.2 Å². The van der Waals surface area contributed by atoms with E-state index in [9.17, 15) is 0 Å². The van der Waals surface area contributed by atoms with E-state index in [0.29, 0.717) is 0 Å². The maximum atomic E-state index is 6.65. The molecule has 0 bridgehead atoms. The third kappa shape index (κ3) is 3.76. The molecule has 11 rings (SSSR count). The fraction of sp³-hybridized carbons (Fsp3) is 0. The van der Waals surface area contributed by atoms with E-state index >= 15 is 0 Å². The van der Waals surface area contributed by atoms with Gasteiger partial charge in [-0.1, -0.05) is 158 Å². The Balaban J connectivity index is 1.10. The molecule has 0 amide bonds. The lowest BCUT2D eigenvalue weighted by Gasteiger charge is -2.17. The maximum Gasteiger partial charge on any atom is 0.143 e. The summed E-state index contributed by atoms with van der Waals surface area (Å²) in [5.74, 6) is 0. The monoisotopic (exact) mass is 620 g/mol. The van der Waals surface area contributed by atoms with Gasteiger partial charge in [0, 0.05) is 21.7 Å². The SMILES string of the molecule is c1ccc2c(c1)ccc1c3cccc(-c4ccc(-c5ccc6c(c5)c5ccccc5c5c7ccccc7c7ccccc7c65)cc4)c3oc21. The highest BCUT2D eigenvalue weighted by atomic mass is 16.3. The van der Waals surface area contributed by atoms with Crippen LogP contribution in [0.5, 0.6) is 0 Å². The summed E-state index contributed by atoms with van der Waals surface area (Å²) in [6, 6.07) is 62.0. The molecule has 0 aliphatic heterocycles. The van der Waals surface area contributed by atoms with Crippen LogP contribution in [0.4, 0.5) is 0 Å². The zero-order valence-corrected chi connectivity index (χ0v) is 26.6. The van der Waals surface area contributed by atoms with Gasteiger partial charge < -0.3 is 4.42 Å². The molecule has 0 unspecified atom stereocenters. The van der Waals surface area contributed by atoms with Crippen molar-refractivity contribution in [1.82, 2.24) is 0 Å². The molecular weight excluding hydrogens is 593 g/mol. The minimum absolute atomic E-state index is 0.936. The Labute approximate surface area is 282 Å². The van der Waals surface area contributed by atoms with Crippen LogP contribution in [0.3, 0.4) is 0 Å². The van der Waals surface area contributed by atoms with Gasteiger partial charge in [-0.3, -0.25) is 0 Å². The van der Waals surface area contributed by atoms with Gasteiger partial charge in [0.25, 0.3) is 0 Å². The molecular formula is C48H28O. The fourth-order valence-electron chi connectivity index (χ4n) is 8.40. The third-order valence-electron chi connectivity index (χ3n) is 10.6. The van der Waals surface area contributed by atoms with Gasteiger partial charge in [-0.15, -0.1) is 0 Å². The number of hydrogen-bond donors (Lipinski definition) is 0. The molecule has 1 heteroatoms. The van der Waals surface area contributed by atoms with Crippen LogP contribution in [0, 0.1) is 0 Å². The Kier molecular flexibility index (Phi) is 5.45. The smallest absolute Gasteiger partial charge is 0.143 e. The number of fused-ring (bicyclic) bond motifs is 16. The molecule has 11 aromatic rings. The Morgan fingerprint density at radius 1 is 0.265 bits per heavy atom. The average molecular weight is 621 g/mol. The van der Waals surface area contributed by atoms with Crippen LogP contribution in [-0.4, -0.2) is 0 Å². The number of benzene rings is 10. The van der Waals surface area contributed by atoms with E-state index in [1.807, 2.05) is 0 Å². The van der Waals surface area contributed by atoms with Crippen LogP contribution < -0.4 is 0 Å². The summed E-state index contributed by atoms with van der Waals surface area (Å²) >= 11 is 0. The van der Waals surface area contributed by atoms with E-state index in [-0.39, 0.29) is 0 Å². The predicted octanol–water partition coefficient (Wildman–Crippen LogP) is 13.8. The van der Waals surface area contributed by atoms with Gasteiger partial charge in [-0.2, -0.15) is 0 Å². The highest BCUT2D eigenvalue weighted by Crippen LogP contribution is 2.45. The Bertz CT molecular complexity index is 3140. The molecule has 1 nitrogen and oxygen atoms in total. The van der Waals surface area contributed by atoms with Gasteiger partial charge in [0.15, 0.2) is 0 Å². The lowest BCUT2D eigenvalue weighted by atomic mass is 9.86. The van der Waals surface area contributed by atoms with Crippen LogP contribution in [0.1, 0.15) is 0 Å². The number of furan rings is 1. The van der Waals surface area contributed by atoms with Crippen LogP contribution in [0.2, 0.25) is 0 Å². The minimum Gasteiger partial charge on any atom is -0.455 e. The zero-order chi connectivity index (χ0) is 32.1. The van der Waals surface area contributed by atoms with Crippen molar-refractivity contribution >= 4 is 86.6 Å². The molecule has 0 spiro atoms. The van der Waals surface area contributed by atoms with Crippen molar-refractivity contribution < 1.29 is 4.42 Å². The van der Waals surface area contributed by atoms with Crippen LogP contribution in [-0.2, 0) is 0 Å². The second kappa shape index (κ2) is 10.0. The zero-order valence-electron chi connectivity index (χ0n) is 26.6. The first-order chi connectivity index (χ1) is 24.3. The lowest BCUT2D eigenvalue weighted by Crippen LogP contribution is -1.89. The molecule has 226 valence electrons. The van der Waals surface area contributed by atoms with Crippen LogP contribution >= 0.6 is 0 Å². The molecule has 0 N–H and O–H groups in total. The molecule has 49 heavy (non-hydrogen) atoms. The van der Waals surface area contributed by atoms with Crippen molar-refractivity contribution in [3.05, 3.63) is 170 Å². The normalized spacial score (nSPS) is 12.1. The van der Waals surface area contributed by atoms with Gasteiger partial charge in [-0.25, -0.2) is 0 Å². The van der Waals surface area contributed by atoms with E-state index in [4.69, 9.17) is 4.42 Å². The molecule has 0 aliphatic carbocycles. The molecule has 0 radical (unpaired) electrons. The van der Waals surface area contributed by atoms with Crippen LogP contribution in [0.25, 0.3) is 109 Å². The van der Waals surface area contributed by atoms with Gasteiger partial charge in [0.05, 0.1) is 0 Å². The molecule has 0 saturated heterocycles. The summed E-state index contributed by atoms with van der Waals surface area (Å²) in [6.07, 6.45) is 0. The van der Waals surface area contributed by atoms with E-state index in [1.54, 1.807) is 0 Å². The lowest BCUT2D eigenvalue weighted by molar-refractivity contribution is 0.674. The third-order valence-corrected chi connectivity index (χ3v) is 10.6. The topological polar surface area (TPSA) is 13.1 Å². The Morgan fingerprint density at radius 2 is 0.735 bits per heavy atom. The molecule has 10 aromatic carbocycles. The first kappa shape index (κ1) is 26.6. The van der Waals surface area contributed by atoms with Crippen molar-refractivity contribution in [2.75, 3.05) is 0 Å². The fourth-order valence-corrected chi connectivity index (χ4v) is 8.40. The summed E-state index contributed by atoms with van der Waals surface area (Å²) in [5, 5.41) is 17.7. The number of hydrogen-bond acceptors (Lipinski definition) is 1. The van der Waals surface area contributed by atoms with Gasteiger partial charge in [-0.05, 0) is 88.1 Å². The summed E-state index contributed by atoms with van der Waals surface area (Å²) < 4.78 is 6.65. The van der Waals surface area contributed by atoms with Gasteiger partial charge in [0.2, 0.25) is 0 Å². The number of para-hydroxylation sites is 1. The molecule has 0 fully saturated rings. The first-order valence-electron chi connectivity index (χ1n) is 16.9. The largest absolute Gasteiger partial charge is 0.455 e. The predicted molar refractivity (Wildman–Crippen MR) is 210 cm³/mol. The molecule has 1 heterocycles. The van der Waals surface area contributed by atoms with Crippen molar-refractivity contribution in [2.24, 2.45) is 0 Å². The van der Waals surface area contributed by atoms with E-state index in [1.165, 1.54) is 70.4 Å². The highest BCUT2D eigenvalue weighted by molar-refractivity contribution is 6.39. The molecule has 1 aromatic heterocycles. The average Bonchev–Trinajstić information content (AvgIpc) is 3.57. The van der Waals surface area contributed by atoms with E-state index in [2.05, 4.69) is 170 Å². The molecule has 0 aliphatic rings. The molecule has 0 atom stereocenters. The highest BCUT2D eigenvalue weighted by Gasteiger charge is 2.17. The first-order valence-corrected chi connectivity index (χ1v) is 16.9. The summed E-state index contributed by atoms with van der Waals surface area (Å²) in [5.41, 5.74) is 6.55. The summed E-state index contributed by atoms with van der Waals surface area (Å²) in [4.78, 5) is 0. The standard InChI is InChI=1S/C48H28O/c1-2-11-33-30(10-1)24-27-43-42-19-9-18-34(47(42)49-48(33)43)31-22-20-29(21-23-31)32-25-26-41-44(28-32)37-14-5-8-17-40(37)45-38-15-6-3-12-35(38)36-13-4-7-16-39(36)46(41)45/h1-28H. The van der Waals surface area contributed by atoms with Crippen molar-refractivity contribution in [2.45, 2.75) is 0 Å². The summed E-state index contributed by atoms with van der Waals surface area (Å²) in [7, 11) is 0. The minimum atomic E-state index is 0.936. The van der Waals surface area contributed by atoms with Crippen molar-refractivity contribution in [3.63, 3.8) is 0 Å². The summed E-state index contributed by atoms with van der Waals surface area (Å²) in [6.45, 7) is 0. The second-order valence-electron chi connectivity index (χ2n) is 13.2. The number of rotatable bonds is 2. The van der Waals surface area contributed by atoms with Crippen molar-refractivity contribution in [1.29, 1.82) is 0 Å². The quantitative estimate of drug-likeness (QED) is 0.175.